The third-order valence-corrected chi connectivity index (χ3v) is 6.30. The molecular formula is C25H25FN4O3. The number of nitrogens with two attached hydrogens (primary N) is 1. The SMILES string of the molecule is COc1cc2c(c(F)c1OC)CC(C)n1c(C)c(-c3ccc(N)cc3)c(-c3nc(C)no3)c1-2. The maximum Gasteiger partial charge on any atom is 0.260 e. The molecule has 0 fully saturated rings. The smallest absolute Gasteiger partial charge is 0.260 e. The second kappa shape index (κ2) is 7.65. The Kier molecular flexibility index (Phi) is 4.88. The zero-order chi connectivity index (χ0) is 23.4. The number of ether oxygens (including phenoxy) is 2. The van der Waals surface area contributed by atoms with Gasteiger partial charge in [0.25, 0.3) is 5.89 Å². The lowest BCUT2D eigenvalue weighted by Gasteiger charge is -2.29. The first kappa shape index (κ1) is 21.1. The molecule has 0 saturated heterocycles. The summed E-state index contributed by atoms with van der Waals surface area (Å²) >= 11 is 0. The number of hydrogen-bond donors (Lipinski definition) is 1. The van der Waals surface area contributed by atoms with Gasteiger partial charge < -0.3 is 24.3 Å². The van der Waals surface area contributed by atoms with E-state index in [9.17, 15) is 0 Å². The second-order valence-corrected chi connectivity index (χ2v) is 8.33. The first-order valence-electron chi connectivity index (χ1n) is 10.7. The van der Waals surface area contributed by atoms with E-state index < -0.39 is 5.82 Å². The van der Waals surface area contributed by atoms with Crippen LogP contribution >= 0.6 is 0 Å². The molecule has 2 aromatic carbocycles. The van der Waals surface area contributed by atoms with Crippen LogP contribution in [-0.2, 0) is 6.42 Å². The van der Waals surface area contributed by atoms with E-state index in [-0.39, 0.29) is 11.8 Å². The molecule has 7 nitrogen and oxygen atoms in total. The number of rotatable bonds is 4. The Morgan fingerprint density at radius 1 is 1.12 bits per heavy atom. The van der Waals surface area contributed by atoms with Crippen molar-refractivity contribution in [3.63, 3.8) is 0 Å². The van der Waals surface area contributed by atoms with Crippen molar-refractivity contribution in [1.82, 2.24) is 14.7 Å². The number of halogens is 1. The molecule has 0 saturated carbocycles. The third-order valence-electron chi connectivity index (χ3n) is 6.30. The molecule has 8 heteroatoms. The Balaban J connectivity index is 1.91. The molecule has 170 valence electrons. The van der Waals surface area contributed by atoms with Gasteiger partial charge in [-0.15, -0.1) is 0 Å². The maximum atomic E-state index is 15.6. The predicted molar refractivity (Wildman–Crippen MR) is 124 cm³/mol. The Bertz CT molecular complexity index is 1370. The van der Waals surface area contributed by atoms with Crippen molar-refractivity contribution < 1.29 is 18.4 Å². The van der Waals surface area contributed by atoms with Gasteiger partial charge in [-0.1, -0.05) is 17.3 Å². The highest BCUT2D eigenvalue weighted by Gasteiger charge is 2.36. The number of hydrogen-bond acceptors (Lipinski definition) is 6. The lowest BCUT2D eigenvalue weighted by atomic mass is 9.90. The van der Waals surface area contributed by atoms with Crippen LogP contribution in [0.25, 0.3) is 33.8 Å². The summed E-state index contributed by atoms with van der Waals surface area (Å²) in [6.07, 6.45) is 0.507. The number of nitrogens with zero attached hydrogens (tertiary/aromatic N) is 3. The lowest BCUT2D eigenvalue weighted by Crippen LogP contribution is -2.19. The largest absolute Gasteiger partial charge is 0.493 e. The van der Waals surface area contributed by atoms with Crippen molar-refractivity contribution in [2.45, 2.75) is 33.2 Å². The summed E-state index contributed by atoms with van der Waals surface area (Å²) in [6.45, 7) is 5.90. The van der Waals surface area contributed by atoms with Crippen molar-refractivity contribution in [3.8, 4) is 45.3 Å². The zero-order valence-electron chi connectivity index (χ0n) is 19.2. The van der Waals surface area contributed by atoms with Gasteiger partial charge in [-0.25, -0.2) is 4.39 Å². The lowest BCUT2D eigenvalue weighted by molar-refractivity contribution is 0.334. The minimum Gasteiger partial charge on any atom is -0.493 e. The molecular weight excluding hydrogens is 423 g/mol. The van der Waals surface area contributed by atoms with Crippen molar-refractivity contribution in [2.24, 2.45) is 0 Å². The highest BCUT2D eigenvalue weighted by Crippen LogP contribution is 2.51. The Hall–Kier alpha value is -3.81. The minimum atomic E-state index is -0.412. The molecule has 0 aliphatic carbocycles. The molecule has 1 unspecified atom stereocenters. The fourth-order valence-electron chi connectivity index (χ4n) is 4.92. The fourth-order valence-corrected chi connectivity index (χ4v) is 4.92. The van der Waals surface area contributed by atoms with Crippen LogP contribution in [0.15, 0.2) is 34.9 Å². The fraction of sp³-hybridized carbons (Fsp3) is 0.280. The van der Waals surface area contributed by atoms with Gasteiger partial charge in [0.1, 0.15) is 0 Å². The number of benzene rings is 2. The van der Waals surface area contributed by atoms with Crippen molar-refractivity contribution in [1.29, 1.82) is 0 Å². The van der Waals surface area contributed by atoms with Crippen molar-refractivity contribution in [3.05, 3.63) is 53.2 Å². The van der Waals surface area contributed by atoms with Crippen LogP contribution in [0.5, 0.6) is 11.5 Å². The molecule has 1 aliphatic heterocycles. The maximum absolute atomic E-state index is 15.6. The van der Waals surface area contributed by atoms with Crippen LogP contribution in [0.3, 0.4) is 0 Å². The average molecular weight is 448 g/mol. The van der Waals surface area contributed by atoms with Gasteiger partial charge >= 0.3 is 0 Å². The Labute approximate surface area is 190 Å². The molecule has 1 aliphatic rings. The summed E-state index contributed by atoms with van der Waals surface area (Å²) in [4.78, 5) is 4.54. The molecule has 0 spiro atoms. The summed E-state index contributed by atoms with van der Waals surface area (Å²) in [5.41, 5.74) is 12.4. The van der Waals surface area contributed by atoms with E-state index in [1.165, 1.54) is 14.2 Å². The first-order chi connectivity index (χ1) is 15.8. The number of aromatic nitrogens is 3. The van der Waals surface area contributed by atoms with Gasteiger partial charge in [0.2, 0.25) is 0 Å². The summed E-state index contributed by atoms with van der Waals surface area (Å²) in [7, 11) is 2.94. The van der Waals surface area contributed by atoms with E-state index in [1.807, 2.05) is 30.3 Å². The van der Waals surface area contributed by atoms with E-state index in [0.717, 1.165) is 33.6 Å². The predicted octanol–water partition coefficient (Wildman–Crippen LogP) is 5.34. The quantitative estimate of drug-likeness (QED) is 0.424. The normalized spacial score (nSPS) is 14.7. The Morgan fingerprint density at radius 3 is 2.45 bits per heavy atom. The summed E-state index contributed by atoms with van der Waals surface area (Å²) < 4.78 is 34.3. The van der Waals surface area contributed by atoms with Crippen molar-refractivity contribution >= 4 is 5.69 Å². The van der Waals surface area contributed by atoms with Crippen LogP contribution in [0.4, 0.5) is 10.1 Å². The van der Waals surface area contributed by atoms with Crippen LogP contribution < -0.4 is 15.2 Å². The highest BCUT2D eigenvalue weighted by molar-refractivity contribution is 5.95. The molecule has 3 heterocycles. The van der Waals surface area contributed by atoms with Crippen LogP contribution in [0, 0.1) is 19.7 Å². The summed E-state index contributed by atoms with van der Waals surface area (Å²) in [6, 6.07) is 9.48. The van der Waals surface area contributed by atoms with Crippen molar-refractivity contribution in [2.75, 3.05) is 20.0 Å². The van der Waals surface area contributed by atoms with E-state index >= 15 is 4.39 Å². The third kappa shape index (κ3) is 3.08. The topological polar surface area (TPSA) is 88.3 Å². The molecule has 2 aromatic heterocycles. The number of anilines is 1. The van der Waals surface area contributed by atoms with Gasteiger partial charge in [-0.2, -0.15) is 4.98 Å². The first-order valence-corrected chi connectivity index (χ1v) is 10.7. The molecule has 4 aromatic rings. The highest BCUT2D eigenvalue weighted by atomic mass is 19.1. The van der Waals surface area contributed by atoms with Gasteiger partial charge in [0.05, 0.1) is 25.5 Å². The van der Waals surface area contributed by atoms with Gasteiger partial charge in [-0.05, 0) is 51.0 Å². The minimum absolute atomic E-state index is 0.00889. The summed E-state index contributed by atoms with van der Waals surface area (Å²) in [5.74, 6) is 0.926. The molecule has 1 atom stereocenters. The Morgan fingerprint density at radius 2 is 1.85 bits per heavy atom. The second-order valence-electron chi connectivity index (χ2n) is 8.33. The van der Waals surface area contributed by atoms with E-state index in [2.05, 4.69) is 28.6 Å². The number of methoxy groups -OCH3 is 2. The zero-order valence-corrected chi connectivity index (χ0v) is 19.2. The summed E-state index contributed by atoms with van der Waals surface area (Å²) in [5, 5.41) is 4.02. The molecule has 33 heavy (non-hydrogen) atoms. The molecule has 0 bridgehead atoms. The van der Waals surface area contributed by atoms with Crippen LogP contribution in [0.1, 0.15) is 30.0 Å². The van der Waals surface area contributed by atoms with Crippen LogP contribution in [0.2, 0.25) is 0 Å². The number of aryl methyl sites for hydroxylation is 1. The van der Waals surface area contributed by atoms with Gasteiger partial charge in [-0.3, -0.25) is 0 Å². The number of fused-ring (bicyclic) bond motifs is 3. The number of nitrogen functional groups attached to an aromatic ring is 1. The van der Waals surface area contributed by atoms with Crippen LogP contribution in [-0.4, -0.2) is 28.9 Å². The molecule has 0 radical (unpaired) electrons. The van der Waals surface area contributed by atoms with Gasteiger partial charge in [0.15, 0.2) is 23.1 Å². The van der Waals surface area contributed by atoms with E-state index in [1.54, 1.807) is 6.92 Å². The standard InChI is InChI=1S/C25H25FN4O3/c1-12-10-17-18(11-19(31-4)24(32-5)22(17)26)23-21(25-28-14(3)29-33-25)20(13(2)30(12)23)15-6-8-16(27)9-7-15/h6-9,11-12H,10,27H2,1-5H3. The molecule has 0 amide bonds. The monoisotopic (exact) mass is 448 g/mol. The van der Waals surface area contributed by atoms with Gasteiger partial charge in [0, 0.05) is 34.1 Å². The average Bonchev–Trinajstić information content (AvgIpc) is 3.36. The van der Waals surface area contributed by atoms with E-state index in [4.69, 9.17) is 19.7 Å². The molecule has 5 rings (SSSR count). The van der Waals surface area contributed by atoms with E-state index in [0.29, 0.717) is 35.1 Å². The molecule has 2 N–H and O–H groups in total.